The van der Waals surface area contributed by atoms with Crippen molar-refractivity contribution in [1.29, 1.82) is 0 Å². The van der Waals surface area contributed by atoms with Crippen LogP contribution in [0.5, 0.6) is 0 Å². The molecular formula is C12H9ClN2O2. The van der Waals surface area contributed by atoms with E-state index in [-0.39, 0.29) is 5.91 Å². The quantitative estimate of drug-likeness (QED) is 0.671. The highest BCUT2D eigenvalue weighted by Crippen LogP contribution is 2.09. The summed E-state index contributed by atoms with van der Waals surface area (Å²) in [5, 5.41) is 4.35. The number of nitrogens with one attached hydrogen (secondary N) is 1. The third-order valence-corrected chi connectivity index (χ3v) is 2.26. The van der Waals surface area contributed by atoms with E-state index in [2.05, 4.69) is 10.5 Å². The molecule has 0 spiro atoms. The molecule has 2 aromatic rings. The number of carbonyl (C=O) groups excluding carboxylic acids is 1. The van der Waals surface area contributed by atoms with Gasteiger partial charge in [0.05, 0.1) is 12.5 Å². The van der Waals surface area contributed by atoms with E-state index in [9.17, 15) is 4.79 Å². The van der Waals surface area contributed by atoms with Crippen molar-refractivity contribution in [3.63, 3.8) is 0 Å². The highest BCUT2D eigenvalue weighted by atomic mass is 35.5. The van der Waals surface area contributed by atoms with Gasteiger partial charge in [0.25, 0.3) is 5.91 Å². The maximum Gasteiger partial charge on any atom is 0.271 e. The first-order valence-corrected chi connectivity index (χ1v) is 5.26. The number of carbonyl (C=O) groups is 1. The van der Waals surface area contributed by atoms with Crippen molar-refractivity contribution in [1.82, 2.24) is 5.43 Å². The van der Waals surface area contributed by atoms with Crippen LogP contribution in [-0.4, -0.2) is 12.1 Å². The second-order valence-corrected chi connectivity index (χ2v) is 3.66. The molecule has 0 radical (unpaired) electrons. The molecule has 1 aromatic carbocycles. The predicted octanol–water partition coefficient (Wildman–Crippen LogP) is 2.70. The zero-order valence-corrected chi connectivity index (χ0v) is 9.52. The Hall–Kier alpha value is -2.07. The molecule has 1 aromatic heterocycles. The second kappa shape index (κ2) is 5.32. The van der Waals surface area contributed by atoms with Gasteiger partial charge in [-0.15, -0.1) is 0 Å². The standard InChI is InChI=1S/C12H9ClN2O2/c13-10-5-3-9(4-6-10)12(16)15-14-8-11-2-1-7-17-11/h1-8H,(H,15,16)/b14-8+. The molecule has 0 saturated heterocycles. The molecule has 0 atom stereocenters. The number of furan rings is 1. The molecule has 2 rings (SSSR count). The van der Waals surface area contributed by atoms with Crippen molar-refractivity contribution in [2.24, 2.45) is 5.10 Å². The van der Waals surface area contributed by atoms with E-state index in [1.54, 1.807) is 36.4 Å². The predicted molar refractivity (Wildman–Crippen MR) is 65.2 cm³/mol. The molecule has 1 N–H and O–H groups in total. The van der Waals surface area contributed by atoms with Crippen LogP contribution >= 0.6 is 11.6 Å². The Balaban J connectivity index is 1.96. The SMILES string of the molecule is O=C(N/N=C/c1ccco1)c1ccc(Cl)cc1. The van der Waals surface area contributed by atoms with Gasteiger partial charge in [0.15, 0.2) is 0 Å². The summed E-state index contributed by atoms with van der Waals surface area (Å²) in [6, 6.07) is 10.0. The summed E-state index contributed by atoms with van der Waals surface area (Å²) in [4.78, 5) is 11.6. The molecule has 0 bridgehead atoms. The van der Waals surface area contributed by atoms with Crippen LogP contribution in [0, 0.1) is 0 Å². The van der Waals surface area contributed by atoms with E-state index in [4.69, 9.17) is 16.0 Å². The molecule has 0 saturated carbocycles. The molecule has 1 amide bonds. The number of nitrogens with zero attached hydrogens (tertiary/aromatic N) is 1. The number of hydrazone groups is 1. The second-order valence-electron chi connectivity index (χ2n) is 3.22. The molecule has 0 unspecified atom stereocenters. The third kappa shape index (κ3) is 3.19. The number of hydrogen-bond acceptors (Lipinski definition) is 3. The van der Waals surface area contributed by atoms with Crippen LogP contribution in [0.4, 0.5) is 0 Å². The highest BCUT2D eigenvalue weighted by Gasteiger charge is 2.02. The largest absolute Gasteiger partial charge is 0.463 e. The van der Waals surface area contributed by atoms with Gasteiger partial charge in [0.1, 0.15) is 5.76 Å². The molecule has 0 fully saturated rings. The minimum atomic E-state index is -0.301. The number of halogens is 1. The molecule has 1 heterocycles. The number of hydrogen-bond donors (Lipinski definition) is 1. The Morgan fingerprint density at radius 1 is 1.29 bits per heavy atom. The van der Waals surface area contributed by atoms with E-state index in [1.165, 1.54) is 12.5 Å². The van der Waals surface area contributed by atoms with Crippen LogP contribution in [0.1, 0.15) is 16.1 Å². The summed E-state index contributed by atoms with van der Waals surface area (Å²) < 4.78 is 5.02. The molecule has 86 valence electrons. The normalized spacial score (nSPS) is 10.6. The lowest BCUT2D eigenvalue weighted by Crippen LogP contribution is -2.17. The van der Waals surface area contributed by atoms with Crippen LogP contribution in [-0.2, 0) is 0 Å². The van der Waals surface area contributed by atoms with Crippen LogP contribution in [0.2, 0.25) is 5.02 Å². The number of rotatable bonds is 3. The van der Waals surface area contributed by atoms with Gasteiger partial charge in [-0.05, 0) is 36.4 Å². The van der Waals surface area contributed by atoms with Crippen molar-refractivity contribution in [3.05, 3.63) is 59.0 Å². The van der Waals surface area contributed by atoms with Crippen molar-refractivity contribution in [2.45, 2.75) is 0 Å². The lowest BCUT2D eigenvalue weighted by atomic mass is 10.2. The minimum Gasteiger partial charge on any atom is -0.463 e. The Kier molecular flexibility index (Phi) is 3.57. The van der Waals surface area contributed by atoms with Gasteiger partial charge in [0.2, 0.25) is 0 Å². The fourth-order valence-electron chi connectivity index (χ4n) is 1.19. The van der Waals surface area contributed by atoms with Gasteiger partial charge >= 0.3 is 0 Å². The minimum absolute atomic E-state index is 0.301. The zero-order valence-electron chi connectivity index (χ0n) is 8.76. The summed E-state index contributed by atoms with van der Waals surface area (Å²) in [5.41, 5.74) is 2.88. The average molecular weight is 249 g/mol. The van der Waals surface area contributed by atoms with Gasteiger partial charge in [-0.3, -0.25) is 4.79 Å². The molecule has 4 nitrogen and oxygen atoms in total. The lowest BCUT2D eigenvalue weighted by Gasteiger charge is -1.98. The van der Waals surface area contributed by atoms with Crippen molar-refractivity contribution in [2.75, 3.05) is 0 Å². The fraction of sp³-hybridized carbons (Fsp3) is 0. The molecule has 0 aliphatic carbocycles. The fourth-order valence-corrected chi connectivity index (χ4v) is 1.31. The van der Waals surface area contributed by atoms with E-state index in [1.807, 2.05) is 0 Å². The Morgan fingerprint density at radius 3 is 2.71 bits per heavy atom. The molecule has 0 aliphatic heterocycles. The van der Waals surface area contributed by atoms with Crippen LogP contribution < -0.4 is 5.43 Å². The summed E-state index contributed by atoms with van der Waals surface area (Å²) in [6.07, 6.45) is 2.95. The van der Waals surface area contributed by atoms with Gasteiger partial charge in [-0.1, -0.05) is 11.6 Å². The maximum atomic E-state index is 11.6. The Bertz CT molecular complexity index is 518. The Morgan fingerprint density at radius 2 is 2.06 bits per heavy atom. The summed E-state index contributed by atoms with van der Waals surface area (Å²) >= 11 is 5.71. The number of amides is 1. The lowest BCUT2D eigenvalue weighted by molar-refractivity contribution is 0.0955. The zero-order chi connectivity index (χ0) is 12.1. The van der Waals surface area contributed by atoms with Crippen LogP contribution in [0.15, 0.2) is 52.2 Å². The first-order chi connectivity index (χ1) is 8.25. The van der Waals surface area contributed by atoms with Gasteiger partial charge in [-0.2, -0.15) is 5.10 Å². The molecule has 17 heavy (non-hydrogen) atoms. The third-order valence-electron chi connectivity index (χ3n) is 2.01. The van der Waals surface area contributed by atoms with Crippen LogP contribution in [0.25, 0.3) is 0 Å². The summed E-state index contributed by atoms with van der Waals surface area (Å²) in [6.45, 7) is 0. The first kappa shape index (κ1) is 11.4. The van der Waals surface area contributed by atoms with E-state index >= 15 is 0 Å². The van der Waals surface area contributed by atoms with Gasteiger partial charge < -0.3 is 4.42 Å². The first-order valence-electron chi connectivity index (χ1n) is 4.88. The maximum absolute atomic E-state index is 11.6. The molecule has 5 heteroatoms. The van der Waals surface area contributed by atoms with Crippen molar-refractivity contribution < 1.29 is 9.21 Å². The van der Waals surface area contributed by atoms with Gasteiger partial charge in [-0.25, -0.2) is 5.43 Å². The molecular weight excluding hydrogens is 240 g/mol. The van der Waals surface area contributed by atoms with E-state index in [0.29, 0.717) is 16.3 Å². The van der Waals surface area contributed by atoms with Crippen molar-refractivity contribution >= 4 is 23.7 Å². The highest BCUT2D eigenvalue weighted by molar-refractivity contribution is 6.30. The van der Waals surface area contributed by atoms with Crippen LogP contribution in [0.3, 0.4) is 0 Å². The number of benzene rings is 1. The summed E-state index contributed by atoms with van der Waals surface area (Å²) in [5.74, 6) is 0.269. The monoisotopic (exact) mass is 248 g/mol. The summed E-state index contributed by atoms with van der Waals surface area (Å²) in [7, 11) is 0. The van der Waals surface area contributed by atoms with Gasteiger partial charge in [0, 0.05) is 10.6 Å². The van der Waals surface area contributed by atoms with E-state index < -0.39 is 0 Å². The van der Waals surface area contributed by atoms with E-state index in [0.717, 1.165) is 0 Å². The average Bonchev–Trinajstić information content (AvgIpc) is 2.83. The molecule has 0 aliphatic rings. The van der Waals surface area contributed by atoms with Crippen molar-refractivity contribution in [3.8, 4) is 0 Å². The Labute approximate surface area is 103 Å². The topological polar surface area (TPSA) is 54.6 Å². The smallest absolute Gasteiger partial charge is 0.271 e.